The number of hydrogen-bond acceptors (Lipinski definition) is 2. The Morgan fingerprint density at radius 2 is 1.27 bits per heavy atom. The predicted molar refractivity (Wildman–Crippen MR) is 42.7 cm³/mol. The third-order valence-electron chi connectivity index (χ3n) is 0.733. The number of halogens is 1. The molecule has 0 radical (unpaired) electrons. The SMILES string of the molecule is CO.CO.Fc1ccccc1. The maximum absolute atomic E-state index is 11.9. The van der Waals surface area contributed by atoms with Gasteiger partial charge in [0.15, 0.2) is 0 Å². The van der Waals surface area contributed by atoms with E-state index in [9.17, 15) is 4.39 Å². The van der Waals surface area contributed by atoms with Gasteiger partial charge >= 0.3 is 0 Å². The van der Waals surface area contributed by atoms with E-state index < -0.39 is 0 Å². The standard InChI is InChI=1S/C6H5F.2CH4O/c7-6-4-2-1-3-5-6;2*1-2/h1-5H;2*2H,1H3. The van der Waals surface area contributed by atoms with E-state index in [1.54, 1.807) is 18.2 Å². The molecule has 0 amide bonds. The number of aliphatic hydroxyl groups is 2. The highest BCUT2D eigenvalue weighted by Crippen LogP contribution is 1.91. The highest BCUT2D eigenvalue weighted by Gasteiger charge is 1.77. The van der Waals surface area contributed by atoms with Crippen molar-refractivity contribution in [3.05, 3.63) is 36.1 Å². The fraction of sp³-hybridized carbons (Fsp3) is 0.250. The molecule has 2 nitrogen and oxygen atoms in total. The fourth-order valence-corrected chi connectivity index (χ4v) is 0.415. The summed E-state index contributed by atoms with van der Waals surface area (Å²) in [4.78, 5) is 0. The normalized spacial score (nSPS) is 6.64. The highest BCUT2D eigenvalue weighted by atomic mass is 19.1. The van der Waals surface area contributed by atoms with Crippen molar-refractivity contribution < 1.29 is 14.6 Å². The van der Waals surface area contributed by atoms with Crippen molar-refractivity contribution in [3.63, 3.8) is 0 Å². The minimum Gasteiger partial charge on any atom is -0.400 e. The summed E-state index contributed by atoms with van der Waals surface area (Å²) >= 11 is 0. The molecule has 1 aromatic rings. The quantitative estimate of drug-likeness (QED) is 0.595. The Hall–Kier alpha value is -0.930. The zero-order valence-electron chi connectivity index (χ0n) is 6.66. The summed E-state index contributed by atoms with van der Waals surface area (Å²) in [5, 5.41) is 14.0. The van der Waals surface area contributed by atoms with E-state index in [-0.39, 0.29) is 5.82 Å². The Kier molecular flexibility index (Phi) is 13.7. The topological polar surface area (TPSA) is 40.5 Å². The van der Waals surface area contributed by atoms with Crippen LogP contribution >= 0.6 is 0 Å². The number of rotatable bonds is 0. The Morgan fingerprint density at radius 1 is 0.909 bits per heavy atom. The van der Waals surface area contributed by atoms with Crippen LogP contribution in [0.15, 0.2) is 30.3 Å². The van der Waals surface area contributed by atoms with Gasteiger partial charge in [0.25, 0.3) is 0 Å². The molecule has 0 saturated heterocycles. The molecule has 1 rings (SSSR count). The lowest BCUT2D eigenvalue weighted by Gasteiger charge is -1.78. The molecule has 1 aromatic carbocycles. The first-order chi connectivity index (χ1) is 5.39. The van der Waals surface area contributed by atoms with Gasteiger partial charge in [0.2, 0.25) is 0 Å². The van der Waals surface area contributed by atoms with Crippen molar-refractivity contribution in [2.24, 2.45) is 0 Å². The largest absolute Gasteiger partial charge is 0.400 e. The van der Waals surface area contributed by atoms with E-state index in [2.05, 4.69) is 0 Å². The molecule has 0 aromatic heterocycles. The summed E-state index contributed by atoms with van der Waals surface area (Å²) in [6.45, 7) is 0. The Morgan fingerprint density at radius 3 is 1.45 bits per heavy atom. The highest BCUT2D eigenvalue weighted by molar-refractivity contribution is 5.02. The first-order valence-corrected chi connectivity index (χ1v) is 2.99. The van der Waals surface area contributed by atoms with Gasteiger partial charge in [0, 0.05) is 14.2 Å². The first-order valence-electron chi connectivity index (χ1n) is 2.99. The summed E-state index contributed by atoms with van der Waals surface area (Å²) in [6.07, 6.45) is 0. The fourth-order valence-electron chi connectivity index (χ4n) is 0.415. The predicted octanol–water partition coefficient (Wildman–Crippen LogP) is 1.04. The third kappa shape index (κ3) is 9.07. The van der Waals surface area contributed by atoms with E-state index >= 15 is 0 Å². The van der Waals surface area contributed by atoms with Crippen LogP contribution in [0.5, 0.6) is 0 Å². The number of benzene rings is 1. The van der Waals surface area contributed by atoms with Crippen molar-refractivity contribution in [2.75, 3.05) is 14.2 Å². The molecule has 2 N–H and O–H groups in total. The van der Waals surface area contributed by atoms with E-state index in [1.165, 1.54) is 12.1 Å². The molecule has 0 heterocycles. The van der Waals surface area contributed by atoms with Crippen molar-refractivity contribution in [2.45, 2.75) is 0 Å². The lowest BCUT2D eigenvalue weighted by atomic mass is 10.4. The average molecular weight is 160 g/mol. The van der Waals surface area contributed by atoms with Crippen molar-refractivity contribution in [1.29, 1.82) is 0 Å². The molecule has 0 spiro atoms. The first kappa shape index (κ1) is 12.7. The maximum atomic E-state index is 11.9. The maximum Gasteiger partial charge on any atom is 0.123 e. The molecule has 0 saturated carbocycles. The van der Waals surface area contributed by atoms with E-state index in [1.807, 2.05) is 0 Å². The van der Waals surface area contributed by atoms with Crippen LogP contribution in [0.3, 0.4) is 0 Å². The van der Waals surface area contributed by atoms with Crippen molar-refractivity contribution in [3.8, 4) is 0 Å². The smallest absolute Gasteiger partial charge is 0.123 e. The second-order valence-electron chi connectivity index (χ2n) is 1.30. The van der Waals surface area contributed by atoms with Crippen LogP contribution in [0, 0.1) is 5.82 Å². The molecular weight excluding hydrogens is 147 g/mol. The van der Waals surface area contributed by atoms with Gasteiger partial charge < -0.3 is 10.2 Å². The van der Waals surface area contributed by atoms with Gasteiger partial charge in [-0.05, 0) is 12.1 Å². The van der Waals surface area contributed by atoms with Crippen LogP contribution in [0.4, 0.5) is 4.39 Å². The minimum atomic E-state index is -0.178. The summed E-state index contributed by atoms with van der Waals surface area (Å²) in [6, 6.07) is 7.94. The molecule has 0 aliphatic heterocycles. The zero-order chi connectivity index (χ0) is 9.11. The van der Waals surface area contributed by atoms with Gasteiger partial charge in [-0.25, -0.2) is 4.39 Å². The molecule has 0 unspecified atom stereocenters. The van der Waals surface area contributed by atoms with Gasteiger partial charge in [0.05, 0.1) is 0 Å². The summed E-state index contributed by atoms with van der Waals surface area (Å²) in [5.74, 6) is -0.178. The molecular formula is C8H13FO2. The summed E-state index contributed by atoms with van der Waals surface area (Å²) in [5.41, 5.74) is 0. The molecule has 3 heteroatoms. The third-order valence-corrected chi connectivity index (χ3v) is 0.733. The van der Waals surface area contributed by atoms with E-state index in [0.717, 1.165) is 14.2 Å². The number of hydrogen-bond donors (Lipinski definition) is 2. The van der Waals surface area contributed by atoms with Gasteiger partial charge in [-0.3, -0.25) is 0 Å². The van der Waals surface area contributed by atoms with Gasteiger partial charge in [0.1, 0.15) is 5.82 Å². The molecule has 64 valence electrons. The van der Waals surface area contributed by atoms with Gasteiger partial charge in [-0.1, -0.05) is 18.2 Å². The molecule has 0 atom stereocenters. The van der Waals surface area contributed by atoms with Crippen LogP contribution in [0.2, 0.25) is 0 Å². The van der Waals surface area contributed by atoms with Crippen molar-refractivity contribution in [1.82, 2.24) is 0 Å². The van der Waals surface area contributed by atoms with Crippen LogP contribution in [-0.2, 0) is 0 Å². The van der Waals surface area contributed by atoms with Crippen LogP contribution in [-0.4, -0.2) is 24.4 Å². The molecule has 0 aliphatic carbocycles. The van der Waals surface area contributed by atoms with Crippen molar-refractivity contribution >= 4 is 0 Å². The lowest BCUT2D eigenvalue weighted by molar-refractivity contribution is 0.399. The summed E-state index contributed by atoms with van der Waals surface area (Å²) < 4.78 is 11.9. The molecule has 11 heavy (non-hydrogen) atoms. The Balaban J connectivity index is 0. The molecule has 0 bridgehead atoms. The molecule has 0 fully saturated rings. The average Bonchev–Trinajstić information content (AvgIpc) is 2.13. The second kappa shape index (κ2) is 11.8. The molecule has 0 aliphatic rings. The van der Waals surface area contributed by atoms with E-state index in [0.29, 0.717) is 0 Å². The van der Waals surface area contributed by atoms with Gasteiger partial charge in [-0.15, -0.1) is 0 Å². The van der Waals surface area contributed by atoms with Crippen LogP contribution in [0.1, 0.15) is 0 Å². The zero-order valence-corrected chi connectivity index (χ0v) is 6.66. The van der Waals surface area contributed by atoms with Gasteiger partial charge in [-0.2, -0.15) is 0 Å². The monoisotopic (exact) mass is 160 g/mol. The van der Waals surface area contributed by atoms with E-state index in [4.69, 9.17) is 10.2 Å². The minimum absolute atomic E-state index is 0.178. The van der Waals surface area contributed by atoms with Crippen LogP contribution < -0.4 is 0 Å². The Bertz CT molecular complexity index is 142. The summed E-state index contributed by atoms with van der Waals surface area (Å²) in [7, 11) is 2.00. The second-order valence-corrected chi connectivity index (χ2v) is 1.30. The number of aliphatic hydroxyl groups excluding tert-OH is 2. The lowest BCUT2D eigenvalue weighted by Crippen LogP contribution is -1.63. The Labute approximate surface area is 65.9 Å². The van der Waals surface area contributed by atoms with Crippen LogP contribution in [0.25, 0.3) is 0 Å².